The van der Waals surface area contributed by atoms with Crippen molar-refractivity contribution in [2.24, 2.45) is 0 Å². The van der Waals surface area contributed by atoms with E-state index in [4.69, 9.17) is 11.6 Å². The molecule has 0 saturated carbocycles. The van der Waals surface area contributed by atoms with Crippen molar-refractivity contribution in [1.29, 1.82) is 0 Å². The van der Waals surface area contributed by atoms with Gasteiger partial charge in [0.15, 0.2) is 0 Å². The van der Waals surface area contributed by atoms with Crippen LogP contribution < -0.4 is 9.62 Å². The van der Waals surface area contributed by atoms with Gasteiger partial charge in [0, 0.05) is 17.6 Å². The molecule has 3 aromatic rings. The van der Waals surface area contributed by atoms with Crippen LogP contribution in [0.5, 0.6) is 0 Å². The van der Waals surface area contributed by atoms with Crippen molar-refractivity contribution >= 4 is 39.1 Å². The molecule has 0 bridgehead atoms. The fraction of sp³-hybridized carbons (Fsp3) is 0.286. The molecule has 0 saturated heterocycles. The molecule has 0 fully saturated rings. The van der Waals surface area contributed by atoms with Crippen LogP contribution in [0.4, 0.5) is 5.69 Å². The number of nitrogens with zero attached hydrogens (tertiary/aromatic N) is 2. The molecular formula is C28H32ClN3O4S. The third-order valence-corrected chi connectivity index (χ3v) is 7.76. The molecule has 196 valence electrons. The third-order valence-electron chi connectivity index (χ3n) is 5.74. The van der Waals surface area contributed by atoms with E-state index in [1.54, 1.807) is 67.6 Å². The normalized spacial score (nSPS) is 12.2. The summed E-state index contributed by atoms with van der Waals surface area (Å²) in [7, 11) is -4.08. The van der Waals surface area contributed by atoms with Gasteiger partial charge >= 0.3 is 0 Å². The van der Waals surface area contributed by atoms with Crippen LogP contribution in [-0.2, 0) is 26.2 Å². The minimum atomic E-state index is -4.08. The molecule has 0 aromatic heterocycles. The lowest BCUT2D eigenvalue weighted by molar-refractivity contribution is -0.139. The number of anilines is 1. The molecule has 2 amide bonds. The zero-order valence-electron chi connectivity index (χ0n) is 21.4. The maximum absolute atomic E-state index is 13.8. The number of rotatable bonds is 10. The Labute approximate surface area is 224 Å². The average Bonchev–Trinajstić information content (AvgIpc) is 2.85. The quantitative estimate of drug-likeness (QED) is 0.400. The van der Waals surface area contributed by atoms with Gasteiger partial charge in [-0.15, -0.1) is 0 Å². The minimum Gasteiger partial charge on any atom is -0.352 e. The second-order valence-corrected chi connectivity index (χ2v) is 11.5. The Balaban J connectivity index is 2.02. The Bertz CT molecular complexity index is 1350. The van der Waals surface area contributed by atoms with Crippen LogP contribution in [0.1, 0.15) is 31.9 Å². The molecule has 1 atom stereocenters. The second-order valence-electron chi connectivity index (χ2n) is 9.15. The molecule has 0 radical (unpaired) electrons. The summed E-state index contributed by atoms with van der Waals surface area (Å²) < 4.78 is 28.5. The van der Waals surface area contributed by atoms with E-state index in [2.05, 4.69) is 5.32 Å². The number of nitrogens with one attached hydrogen (secondary N) is 1. The Kier molecular flexibility index (Phi) is 9.34. The third kappa shape index (κ3) is 7.33. The highest BCUT2D eigenvalue weighted by Crippen LogP contribution is 2.25. The molecule has 7 nitrogen and oxygen atoms in total. The highest BCUT2D eigenvalue weighted by molar-refractivity contribution is 7.92. The van der Waals surface area contributed by atoms with Gasteiger partial charge in [0.25, 0.3) is 10.0 Å². The Morgan fingerprint density at radius 1 is 0.919 bits per heavy atom. The highest BCUT2D eigenvalue weighted by Gasteiger charge is 2.32. The Hall–Kier alpha value is -3.36. The van der Waals surface area contributed by atoms with Crippen molar-refractivity contribution in [1.82, 2.24) is 10.2 Å². The summed E-state index contributed by atoms with van der Waals surface area (Å²) in [6, 6.07) is 20.9. The topological polar surface area (TPSA) is 86.8 Å². The summed E-state index contributed by atoms with van der Waals surface area (Å²) in [5, 5.41) is 3.33. The first-order valence-electron chi connectivity index (χ1n) is 12.0. The molecule has 0 aliphatic carbocycles. The van der Waals surface area contributed by atoms with E-state index in [0.717, 1.165) is 15.4 Å². The lowest BCUT2D eigenvalue weighted by atomic mass is 10.1. The van der Waals surface area contributed by atoms with Gasteiger partial charge in [-0.25, -0.2) is 8.42 Å². The largest absolute Gasteiger partial charge is 0.352 e. The monoisotopic (exact) mass is 541 g/mol. The first-order valence-corrected chi connectivity index (χ1v) is 13.8. The number of amides is 2. The van der Waals surface area contributed by atoms with Gasteiger partial charge in [-0.2, -0.15) is 0 Å². The number of hydrogen-bond acceptors (Lipinski definition) is 4. The fourth-order valence-corrected chi connectivity index (χ4v) is 5.49. The van der Waals surface area contributed by atoms with Gasteiger partial charge in [-0.1, -0.05) is 54.1 Å². The molecule has 3 aromatic carbocycles. The van der Waals surface area contributed by atoms with Crippen molar-refractivity contribution in [2.75, 3.05) is 10.8 Å². The van der Waals surface area contributed by atoms with Gasteiger partial charge < -0.3 is 10.2 Å². The van der Waals surface area contributed by atoms with Crippen molar-refractivity contribution in [3.63, 3.8) is 0 Å². The molecule has 0 unspecified atom stereocenters. The van der Waals surface area contributed by atoms with E-state index in [0.29, 0.717) is 10.7 Å². The van der Waals surface area contributed by atoms with Crippen LogP contribution in [0.25, 0.3) is 0 Å². The SMILES string of the molecule is Cc1cccc(N(CC(=O)N(Cc2cccc(Cl)c2)[C@@H](C)C(=O)NC(C)C)S(=O)(=O)c2ccccc2)c1. The van der Waals surface area contributed by atoms with E-state index < -0.39 is 28.5 Å². The molecular weight excluding hydrogens is 510 g/mol. The molecule has 9 heteroatoms. The summed E-state index contributed by atoms with van der Waals surface area (Å²) in [6.07, 6.45) is 0. The number of carbonyl (C=O) groups is 2. The summed E-state index contributed by atoms with van der Waals surface area (Å²) in [5.74, 6) is -0.856. The van der Waals surface area contributed by atoms with Gasteiger partial charge in [-0.3, -0.25) is 13.9 Å². The number of sulfonamides is 1. The average molecular weight is 542 g/mol. The van der Waals surface area contributed by atoms with Crippen LogP contribution in [0.3, 0.4) is 0 Å². The Morgan fingerprint density at radius 2 is 1.59 bits per heavy atom. The number of halogens is 1. The first-order chi connectivity index (χ1) is 17.5. The van der Waals surface area contributed by atoms with Crippen LogP contribution in [0.2, 0.25) is 5.02 Å². The zero-order chi connectivity index (χ0) is 27.2. The van der Waals surface area contributed by atoms with Gasteiger partial charge in [0.05, 0.1) is 10.6 Å². The highest BCUT2D eigenvalue weighted by atomic mass is 35.5. The number of aryl methyl sites for hydroxylation is 1. The van der Waals surface area contributed by atoms with E-state index in [9.17, 15) is 18.0 Å². The molecule has 0 aliphatic rings. The lowest BCUT2D eigenvalue weighted by Gasteiger charge is -2.32. The molecule has 0 spiro atoms. The van der Waals surface area contributed by atoms with E-state index in [1.165, 1.54) is 17.0 Å². The van der Waals surface area contributed by atoms with Crippen molar-refractivity contribution in [3.05, 3.63) is 95.0 Å². The predicted molar refractivity (Wildman–Crippen MR) is 147 cm³/mol. The van der Waals surface area contributed by atoms with Crippen LogP contribution in [0.15, 0.2) is 83.8 Å². The van der Waals surface area contributed by atoms with Gasteiger partial charge in [-0.05, 0) is 75.2 Å². The summed E-state index contributed by atoms with van der Waals surface area (Å²) in [4.78, 5) is 28.2. The van der Waals surface area contributed by atoms with Crippen molar-refractivity contribution in [2.45, 2.75) is 51.2 Å². The molecule has 37 heavy (non-hydrogen) atoms. The maximum atomic E-state index is 13.8. The molecule has 0 aliphatic heterocycles. The van der Waals surface area contributed by atoms with E-state index in [1.807, 2.05) is 26.8 Å². The van der Waals surface area contributed by atoms with Crippen LogP contribution in [-0.4, -0.2) is 43.8 Å². The fourth-order valence-electron chi connectivity index (χ4n) is 3.85. The smallest absolute Gasteiger partial charge is 0.264 e. The number of hydrogen-bond donors (Lipinski definition) is 1. The summed E-state index contributed by atoms with van der Waals surface area (Å²) in [6.45, 7) is 6.74. The number of benzene rings is 3. The summed E-state index contributed by atoms with van der Waals surface area (Å²) in [5.41, 5.74) is 1.93. The van der Waals surface area contributed by atoms with Crippen molar-refractivity contribution < 1.29 is 18.0 Å². The predicted octanol–water partition coefficient (Wildman–Crippen LogP) is 4.79. The second kappa shape index (κ2) is 12.3. The van der Waals surface area contributed by atoms with Crippen LogP contribution >= 0.6 is 11.6 Å². The van der Waals surface area contributed by atoms with Gasteiger partial charge in [0.1, 0.15) is 12.6 Å². The standard InChI is InChI=1S/C28H32ClN3O4S/c1-20(2)30-28(34)22(4)31(18-23-11-9-12-24(29)17-23)27(33)19-32(25-13-8-10-21(3)16-25)37(35,36)26-14-6-5-7-15-26/h5-17,20,22H,18-19H2,1-4H3,(H,30,34)/t22-/m0/s1. The molecule has 1 N–H and O–H groups in total. The molecule has 0 heterocycles. The first kappa shape index (κ1) is 28.2. The van der Waals surface area contributed by atoms with Crippen LogP contribution in [0, 0.1) is 6.92 Å². The van der Waals surface area contributed by atoms with Gasteiger partial charge in [0.2, 0.25) is 11.8 Å². The Morgan fingerprint density at radius 3 is 2.22 bits per heavy atom. The molecule has 3 rings (SSSR count). The minimum absolute atomic E-state index is 0.0660. The lowest BCUT2D eigenvalue weighted by Crippen LogP contribution is -2.52. The van der Waals surface area contributed by atoms with Crippen molar-refractivity contribution in [3.8, 4) is 0 Å². The summed E-state index contributed by atoms with van der Waals surface area (Å²) >= 11 is 6.16. The number of carbonyl (C=O) groups excluding carboxylic acids is 2. The maximum Gasteiger partial charge on any atom is 0.264 e. The zero-order valence-corrected chi connectivity index (χ0v) is 23.0. The van der Waals surface area contributed by atoms with E-state index in [-0.39, 0.29) is 23.4 Å². The van der Waals surface area contributed by atoms with E-state index >= 15 is 0 Å².